The molecule has 0 saturated carbocycles. The molecule has 1 amide bonds. The first-order valence-corrected chi connectivity index (χ1v) is 9.83. The molecule has 27 heavy (non-hydrogen) atoms. The van der Waals surface area contributed by atoms with Crippen molar-refractivity contribution >= 4 is 17.2 Å². The molecule has 1 atom stereocenters. The zero-order valence-corrected chi connectivity index (χ0v) is 15.5. The summed E-state index contributed by atoms with van der Waals surface area (Å²) in [7, 11) is 0. The molecule has 140 valence electrons. The number of amides is 1. The number of halogens is 1. The molecule has 1 fully saturated rings. The number of hydrogen-bond donors (Lipinski definition) is 1. The van der Waals surface area contributed by atoms with Crippen LogP contribution in [0.25, 0.3) is 16.4 Å². The van der Waals surface area contributed by atoms with E-state index in [0.29, 0.717) is 24.6 Å². The molecular weight excluding hydrogens is 365 g/mol. The highest BCUT2D eigenvalue weighted by Gasteiger charge is 2.30. The van der Waals surface area contributed by atoms with Gasteiger partial charge in [-0.25, -0.2) is 14.1 Å². The van der Waals surface area contributed by atoms with Gasteiger partial charge in [-0.3, -0.25) is 4.79 Å². The highest BCUT2D eigenvalue weighted by molar-refractivity contribution is 7.13. The van der Waals surface area contributed by atoms with Crippen molar-refractivity contribution in [1.29, 1.82) is 0 Å². The van der Waals surface area contributed by atoms with Gasteiger partial charge >= 0.3 is 0 Å². The fraction of sp³-hybridized carbons (Fsp3) is 0.316. The molecule has 0 spiro atoms. The molecule has 3 aromatic rings. The first-order valence-electron chi connectivity index (χ1n) is 8.95. The van der Waals surface area contributed by atoms with E-state index >= 15 is 0 Å². The monoisotopic (exact) mass is 385 g/mol. The predicted molar refractivity (Wildman–Crippen MR) is 102 cm³/mol. The molecular formula is C19H20FN5OS. The average Bonchev–Trinajstić information content (AvgIpc) is 3.37. The minimum atomic E-state index is -0.327. The molecule has 0 radical (unpaired) electrons. The zero-order valence-electron chi connectivity index (χ0n) is 14.7. The Morgan fingerprint density at radius 3 is 2.78 bits per heavy atom. The van der Waals surface area contributed by atoms with Gasteiger partial charge in [0.05, 0.1) is 10.6 Å². The smallest absolute Gasteiger partial charge is 0.293 e. The molecule has 3 heterocycles. The van der Waals surface area contributed by atoms with Crippen LogP contribution in [0.5, 0.6) is 0 Å². The third kappa shape index (κ3) is 3.50. The van der Waals surface area contributed by atoms with E-state index in [4.69, 9.17) is 5.73 Å². The van der Waals surface area contributed by atoms with E-state index in [9.17, 15) is 9.18 Å². The number of piperidine rings is 1. The van der Waals surface area contributed by atoms with E-state index in [1.54, 1.807) is 21.7 Å². The van der Waals surface area contributed by atoms with Gasteiger partial charge in [0, 0.05) is 19.1 Å². The summed E-state index contributed by atoms with van der Waals surface area (Å²) in [5, 5.41) is 6.41. The van der Waals surface area contributed by atoms with Crippen molar-refractivity contribution in [2.24, 2.45) is 5.73 Å². The summed E-state index contributed by atoms with van der Waals surface area (Å²) in [4.78, 5) is 20.3. The number of thiophene rings is 1. The summed E-state index contributed by atoms with van der Waals surface area (Å²) >= 11 is 1.51. The van der Waals surface area contributed by atoms with Crippen LogP contribution in [0.3, 0.4) is 0 Å². The second kappa shape index (κ2) is 7.58. The molecule has 2 N–H and O–H groups in total. The van der Waals surface area contributed by atoms with Crippen LogP contribution in [0.2, 0.25) is 0 Å². The Kier molecular flexibility index (Phi) is 5.00. The standard InChI is InChI=1S/C19H20FN5OS/c20-13-6-8-14(9-7-13)25-18(16-5-3-11-27-16)22-17(23-25)19(26)24-10-2-1-4-15(24)12-21/h3,5-9,11,15H,1-2,4,10,12,21H2. The van der Waals surface area contributed by atoms with E-state index in [1.807, 2.05) is 17.5 Å². The van der Waals surface area contributed by atoms with Crippen molar-refractivity contribution in [1.82, 2.24) is 19.7 Å². The number of benzene rings is 1. The van der Waals surface area contributed by atoms with Crippen molar-refractivity contribution in [3.05, 3.63) is 53.4 Å². The van der Waals surface area contributed by atoms with Gasteiger partial charge in [0.15, 0.2) is 5.82 Å². The fourth-order valence-corrected chi connectivity index (χ4v) is 4.07. The third-order valence-corrected chi connectivity index (χ3v) is 5.64. The number of carbonyl (C=O) groups excluding carboxylic acids is 1. The van der Waals surface area contributed by atoms with Gasteiger partial charge in [-0.15, -0.1) is 16.4 Å². The zero-order chi connectivity index (χ0) is 18.8. The Labute approximate surface area is 160 Å². The number of aromatic nitrogens is 3. The van der Waals surface area contributed by atoms with Crippen LogP contribution in [-0.4, -0.2) is 44.7 Å². The van der Waals surface area contributed by atoms with Gasteiger partial charge in [0.25, 0.3) is 5.91 Å². The van der Waals surface area contributed by atoms with E-state index < -0.39 is 0 Å². The Bertz CT molecular complexity index is 922. The Balaban J connectivity index is 1.75. The van der Waals surface area contributed by atoms with Crippen LogP contribution in [-0.2, 0) is 0 Å². The van der Waals surface area contributed by atoms with Crippen LogP contribution in [0.15, 0.2) is 41.8 Å². The number of rotatable bonds is 4. The lowest BCUT2D eigenvalue weighted by Gasteiger charge is -2.34. The number of hydrogen-bond acceptors (Lipinski definition) is 5. The Morgan fingerprint density at radius 1 is 1.26 bits per heavy atom. The predicted octanol–water partition coefficient (Wildman–Crippen LogP) is 3.09. The SMILES string of the molecule is NCC1CCCCN1C(=O)c1nc(-c2cccs2)n(-c2ccc(F)cc2)n1. The van der Waals surface area contributed by atoms with Crippen molar-refractivity contribution in [3.63, 3.8) is 0 Å². The van der Waals surface area contributed by atoms with Crippen molar-refractivity contribution in [2.75, 3.05) is 13.1 Å². The second-order valence-electron chi connectivity index (χ2n) is 6.51. The molecule has 0 bridgehead atoms. The molecule has 1 aromatic carbocycles. The van der Waals surface area contributed by atoms with Crippen LogP contribution in [0.1, 0.15) is 29.9 Å². The summed E-state index contributed by atoms with van der Waals surface area (Å²) in [5.41, 5.74) is 6.51. The molecule has 2 aromatic heterocycles. The maximum absolute atomic E-state index is 13.3. The first kappa shape index (κ1) is 17.8. The van der Waals surface area contributed by atoms with E-state index in [1.165, 1.54) is 23.5 Å². The van der Waals surface area contributed by atoms with Gasteiger partial charge in [-0.05, 0) is 55.0 Å². The van der Waals surface area contributed by atoms with Crippen molar-refractivity contribution in [2.45, 2.75) is 25.3 Å². The molecule has 4 rings (SSSR count). The van der Waals surface area contributed by atoms with Crippen LogP contribution < -0.4 is 5.73 Å². The van der Waals surface area contributed by atoms with E-state index in [0.717, 1.165) is 24.1 Å². The third-order valence-electron chi connectivity index (χ3n) is 4.77. The second-order valence-corrected chi connectivity index (χ2v) is 7.46. The lowest BCUT2D eigenvalue weighted by atomic mass is 10.0. The van der Waals surface area contributed by atoms with Crippen molar-refractivity contribution in [3.8, 4) is 16.4 Å². The molecule has 6 nitrogen and oxygen atoms in total. The molecule has 1 saturated heterocycles. The van der Waals surface area contributed by atoms with Crippen LogP contribution in [0.4, 0.5) is 4.39 Å². The van der Waals surface area contributed by atoms with Gasteiger partial charge in [-0.2, -0.15) is 0 Å². The van der Waals surface area contributed by atoms with Crippen LogP contribution >= 0.6 is 11.3 Å². The lowest BCUT2D eigenvalue weighted by molar-refractivity contribution is 0.0611. The van der Waals surface area contributed by atoms with Gasteiger partial charge in [0.2, 0.25) is 5.82 Å². The molecule has 1 aliphatic rings. The summed E-state index contributed by atoms with van der Waals surface area (Å²) in [5.74, 6) is 0.181. The fourth-order valence-electron chi connectivity index (χ4n) is 3.37. The van der Waals surface area contributed by atoms with E-state index in [-0.39, 0.29) is 23.6 Å². The highest BCUT2D eigenvalue weighted by Crippen LogP contribution is 2.27. The average molecular weight is 385 g/mol. The number of nitrogens with two attached hydrogens (primary N) is 1. The summed E-state index contributed by atoms with van der Waals surface area (Å²) in [6.07, 6.45) is 2.93. The van der Waals surface area contributed by atoms with Gasteiger partial charge in [0.1, 0.15) is 5.82 Å². The Hall–Kier alpha value is -2.58. The quantitative estimate of drug-likeness (QED) is 0.749. The van der Waals surface area contributed by atoms with Gasteiger partial charge < -0.3 is 10.6 Å². The molecule has 8 heteroatoms. The lowest BCUT2D eigenvalue weighted by Crippen LogP contribution is -2.47. The minimum absolute atomic E-state index is 0.0224. The largest absolute Gasteiger partial charge is 0.332 e. The summed E-state index contributed by atoms with van der Waals surface area (Å²) in [6.45, 7) is 1.10. The number of likely N-dealkylation sites (tertiary alicyclic amines) is 1. The molecule has 1 unspecified atom stereocenters. The summed E-state index contributed by atoms with van der Waals surface area (Å²) < 4.78 is 14.9. The Morgan fingerprint density at radius 2 is 2.07 bits per heavy atom. The number of nitrogens with zero attached hydrogens (tertiary/aromatic N) is 4. The number of carbonyl (C=O) groups is 1. The molecule has 1 aliphatic heterocycles. The summed E-state index contributed by atoms with van der Waals surface area (Å²) in [6, 6.07) is 9.84. The topological polar surface area (TPSA) is 77.0 Å². The minimum Gasteiger partial charge on any atom is -0.332 e. The van der Waals surface area contributed by atoms with Crippen molar-refractivity contribution < 1.29 is 9.18 Å². The maximum atomic E-state index is 13.3. The highest BCUT2D eigenvalue weighted by atomic mass is 32.1. The first-order chi connectivity index (χ1) is 13.2. The van der Waals surface area contributed by atoms with Crippen LogP contribution in [0, 0.1) is 5.82 Å². The maximum Gasteiger partial charge on any atom is 0.293 e. The van der Waals surface area contributed by atoms with E-state index in [2.05, 4.69) is 10.1 Å². The molecule has 0 aliphatic carbocycles. The van der Waals surface area contributed by atoms with Gasteiger partial charge in [-0.1, -0.05) is 6.07 Å². The normalized spacial score (nSPS) is 17.3.